The first-order chi connectivity index (χ1) is 14.2. The van der Waals surface area contributed by atoms with Crippen molar-refractivity contribution in [2.45, 2.75) is 6.42 Å². The van der Waals surface area contributed by atoms with Crippen LogP contribution in [0.3, 0.4) is 0 Å². The van der Waals surface area contributed by atoms with Crippen LogP contribution in [-0.4, -0.2) is 5.97 Å². The predicted octanol–water partition coefficient (Wildman–Crippen LogP) is 2.12. The number of furan rings is 1. The summed E-state index contributed by atoms with van der Waals surface area (Å²) in [5, 5.41) is 11.8. The third kappa shape index (κ3) is 5.00. The molecule has 30 heavy (non-hydrogen) atoms. The van der Waals surface area contributed by atoms with Gasteiger partial charge in [-0.3, -0.25) is 0 Å². The van der Waals surface area contributed by atoms with Crippen LogP contribution in [0.15, 0.2) is 95.6 Å². The van der Waals surface area contributed by atoms with Crippen LogP contribution >= 0.6 is 0 Å². The Kier molecular flexibility index (Phi) is 7.47. The molecule has 0 fully saturated rings. The Balaban J connectivity index is 0.00000256. The van der Waals surface area contributed by atoms with Crippen LogP contribution in [0.2, 0.25) is 0 Å². The van der Waals surface area contributed by atoms with E-state index in [1.54, 1.807) is 12.3 Å². The minimum atomic E-state index is -1.20. The number of carboxylic acids is 1. The molecule has 4 heteroatoms. The third-order valence-electron chi connectivity index (χ3n) is 4.80. The molecule has 0 bridgehead atoms. The van der Waals surface area contributed by atoms with Gasteiger partial charge in [-0.25, -0.2) is 0 Å². The molecule has 3 aromatic carbocycles. The van der Waals surface area contributed by atoms with E-state index in [9.17, 15) is 9.90 Å². The molecular weight excluding hydrogens is 383 g/mol. The number of allylic oxidation sites excluding steroid dienone is 1. The molecule has 1 heterocycles. The van der Waals surface area contributed by atoms with Crippen molar-refractivity contribution in [3.63, 3.8) is 0 Å². The van der Waals surface area contributed by atoms with Crippen molar-refractivity contribution in [1.82, 2.24) is 0 Å². The topological polar surface area (TPSA) is 53.3 Å². The fraction of sp³-hybridized carbons (Fsp3) is 0.0385. The second-order valence-electron chi connectivity index (χ2n) is 6.70. The normalized spacial score (nSPS) is 11.2. The maximum Gasteiger partial charge on any atom is 1.00 e. The van der Waals surface area contributed by atoms with E-state index in [1.165, 1.54) is 0 Å². The predicted molar refractivity (Wildman–Crippen MR) is 115 cm³/mol. The third-order valence-corrected chi connectivity index (χ3v) is 4.80. The van der Waals surface area contributed by atoms with Crippen LogP contribution in [0.1, 0.15) is 16.7 Å². The van der Waals surface area contributed by atoms with Crippen molar-refractivity contribution in [3.05, 3.63) is 108 Å². The summed E-state index contributed by atoms with van der Waals surface area (Å²) in [6.45, 7) is 0. The molecule has 0 aliphatic heterocycles. The van der Waals surface area contributed by atoms with Crippen molar-refractivity contribution in [3.8, 4) is 11.1 Å². The van der Waals surface area contributed by atoms with E-state index < -0.39 is 5.97 Å². The van der Waals surface area contributed by atoms with Gasteiger partial charge in [0.05, 0.1) is 12.2 Å². The number of fused-ring (bicyclic) bond motifs is 1. The first-order valence-electron chi connectivity index (χ1n) is 9.41. The molecule has 0 aliphatic rings. The van der Waals surface area contributed by atoms with E-state index in [2.05, 4.69) is 24.3 Å². The number of carboxylic acid groups (broad SMARTS) is 1. The molecule has 3 nitrogen and oxygen atoms in total. The van der Waals surface area contributed by atoms with Gasteiger partial charge < -0.3 is 14.3 Å². The fourth-order valence-electron chi connectivity index (χ4n) is 3.41. The van der Waals surface area contributed by atoms with E-state index in [1.807, 2.05) is 60.7 Å². The molecule has 0 radical (unpaired) electrons. The van der Waals surface area contributed by atoms with Gasteiger partial charge in [-0.2, -0.15) is 0 Å². The van der Waals surface area contributed by atoms with Crippen LogP contribution in [0.4, 0.5) is 0 Å². The van der Waals surface area contributed by atoms with Gasteiger partial charge in [0.1, 0.15) is 5.58 Å². The van der Waals surface area contributed by atoms with Crippen molar-refractivity contribution in [2.75, 3.05) is 0 Å². The summed E-state index contributed by atoms with van der Waals surface area (Å²) < 4.78 is 5.89. The maximum atomic E-state index is 10.7. The fourth-order valence-corrected chi connectivity index (χ4v) is 3.41. The van der Waals surface area contributed by atoms with Crippen molar-refractivity contribution in [2.24, 2.45) is 0 Å². The molecule has 0 aliphatic carbocycles. The largest absolute Gasteiger partial charge is 1.00 e. The standard InChI is InChI=1S/C26H20O3.Na/c27-25(28)17-16-20-9-5-4-8-19(20)12-6-13-22-14-7-15-23-24(18-29-26(22)23)21-10-2-1-3-11-21;/h1-11,13-18H,12H2,(H,27,28);/q;+1/p-1/b13-6+,17-16+;. The second-order valence-corrected chi connectivity index (χ2v) is 6.70. The number of hydrogen-bond acceptors (Lipinski definition) is 3. The second kappa shape index (κ2) is 10.3. The van der Waals surface area contributed by atoms with Gasteiger partial charge in [-0.05, 0) is 29.2 Å². The van der Waals surface area contributed by atoms with E-state index >= 15 is 0 Å². The molecule has 4 aromatic rings. The average molecular weight is 402 g/mol. The number of benzene rings is 3. The molecule has 0 amide bonds. The number of carbonyl (C=O) groups excluding carboxylic acids is 1. The van der Waals surface area contributed by atoms with E-state index in [-0.39, 0.29) is 29.6 Å². The van der Waals surface area contributed by atoms with Gasteiger partial charge in [0, 0.05) is 16.5 Å². The molecular formula is C26H19NaO3. The molecule has 0 spiro atoms. The monoisotopic (exact) mass is 402 g/mol. The Bertz CT molecular complexity index is 1200. The summed E-state index contributed by atoms with van der Waals surface area (Å²) in [7, 11) is 0. The van der Waals surface area contributed by atoms with Crippen molar-refractivity contribution < 1.29 is 43.9 Å². The van der Waals surface area contributed by atoms with E-state index in [0.29, 0.717) is 6.42 Å². The quantitative estimate of drug-likeness (QED) is 0.367. The summed E-state index contributed by atoms with van der Waals surface area (Å²) in [6.07, 6.45) is 9.20. The minimum Gasteiger partial charge on any atom is -0.545 e. The molecule has 0 saturated carbocycles. The van der Waals surface area contributed by atoms with E-state index in [0.717, 1.165) is 44.9 Å². The molecule has 0 unspecified atom stereocenters. The van der Waals surface area contributed by atoms with Crippen LogP contribution in [0, 0.1) is 0 Å². The summed E-state index contributed by atoms with van der Waals surface area (Å²) in [5.41, 5.74) is 5.97. The summed E-state index contributed by atoms with van der Waals surface area (Å²) >= 11 is 0. The van der Waals surface area contributed by atoms with Gasteiger partial charge in [0.2, 0.25) is 0 Å². The molecule has 0 saturated heterocycles. The van der Waals surface area contributed by atoms with E-state index in [4.69, 9.17) is 4.42 Å². The van der Waals surface area contributed by atoms with Gasteiger partial charge in [-0.1, -0.05) is 91.0 Å². The summed E-state index contributed by atoms with van der Waals surface area (Å²) in [4.78, 5) is 10.7. The Morgan fingerprint density at radius 1 is 0.867 bits per heavy atom. The maximum absolute atomic E-state index is 10.7. The van der Waals surface area contributed by atoms with Gasteiger partial charge >= 0.3 is 29.6 Å². The zero-order valence-corrected chi connectivity index (χ0v) is 18.7. The van der Waals surface area contributed by atoms with Crippen molar-refractivity contribution in [1.29, 1.82) is 0 Å². The molecule has 0 N–H and O–H groups in total. The Labute approximate surface area is 197 Å². The van der Waals surface area contributed by atoms with Gasteiger partial charge in [0.15, 0.2) is 0 Å². The number of para-hydroxylation sites is 1. The number of carbonyl (C=O) groups is 1. The van der Waals surface area contributed by atoms with Gasteiger partial charge in [0.25, 0.3) is 0 Å². The minimum absolute atomic E-state index is 0. The Hall–Kier alpha value is -2.85. The smallest absolute Gasteiger partial charge is 0.545 e. The number of rotatable bonds is 6. The molecule has 4 rings (SSSR count). The first-order valence-corrected chi connectivity index (χ1v) is 9.41. The zero-order chi connectivity index (χ0) is 20.1. The zero-order valence-electron chi connectivity index (χ0n) is 16.7. The first kappa shape index (κ1) is 21.8. The Morgan fingerprint density at radius 3 is 2.40 bits per heavy atom. The van der Waals surface area contributed by atoms with Crippen molar-refractivity contribution >= 4 is 29.1 Å². The average Bonchev–Trinajstić information content (AvgIpc) is 3.19. The molecule has 1 aromatic heterocycles. The van der Waals surface area contributed by atoms with Crippen LogP contribution < -0.4 is 34.7 Å². The van der Waals surface area contributed by atoms with Crippen LogP contribution in [0.5, 0.6) is 0 Å². The molecule has 0 atom stereocenters. The van der Waals surface area contributed by atoms with Gasteiger partial charge in [-0.15, -0.1) is 0 Å². The van der Waals surface area contributed by atoms with Crippen LogP contribution in [-0.2, 0) is 11.2 Å². The Morgan fingerprint density at radius 2 is 1.60 bits per heavy atom. The molecule has 142 valence electrons. The summed E-state index contributed by atoms with van der Waals surface area (Å²) in [6, 6.07) is 24.0. The summed E-state index contributed by atoms with van der Waals surface area (Å²) in [5.74, 6) is -1.20. The number of hydrogen-bond donors (Lipinski definition) is 0. The van der Waals surface area contributed by atoms with Crippen LogP contribution in [0.25, 0.3) is 34.2 Å². The number of aliphatic carboxylic acids is 1. The SMILES string of the molecule is O=C([O-])/C=C/c1ccccc1C/C=C/c1cccc2c(-c3ccccc3)coc12.[Na+].